The summed E-state index contributed by atoms with van der Waals surface area (Å²) in [5, 5.41) is 15.4. The highest BCUT2D eigenvalue weighted by molar-refractivity contribution is 5.91. The van der Waals surface area contributed by atoms with E-state index in [0.717, 1.165) is 53.2 Å². The smallest absolute Gasteiger partial charge is 0.153 e. The van der Waals surface area contributed by atoms with Gasteiger partial charge in [0.05, 0.1) is 18.7 Å². The van der Waals surface area contributed by atoms with Crippen LogP contribution in [0.2, 0.25) is 0 Å². The van der Waals surface area contributed by atoms with Crippen molar-refractivity contribution in [2.45, 2.75) is 50.7 Å². The Hall–Kier alpha value is -2.71. The number of aromatic amines is 1. The second kappa shape index (κ2) is 7.76. The number of aromatic nitrogens is 4. The number of fused-ring (bicyclic) bond motifs is 3. The Morgan fingerprint density at radius 2 is 2.00 bits per heavy atom. The first-order valence-electron chi connectivity index (χ1n) is 11.4. The fraction of sp³-hybridized carbons (Fsp3) is 0.522. The highest BCUT2D eigenvalue weighted by atomic mass is 16.5. The lowest BCUT2D eigenvalue weighted by molar-refractivity contribution is -0.0568. The number of ether oxygens (including phenoxy) is 1. The molecule has 8 nitrogen and oxygen atoms in total. The standard InChI is InChI=1S/C23H29N7O/c1-14-7-22(29-28-14)26-21-10-20-19(3-2-6-24-20)23(27-21)25-16-8-17-4-5-18(9-16)30(17)11-15-12-31-13-15/h2-3,6-7,10,15-18H,4-5,8-9,11-13H2,1H3,(H3,25,26,27,28,29)/t16?,17-,18+. The molecule has 6 rings (SSSR count). The number of piperidine rings is 1. The molecule has 0 aliphatic carbocycles. The molecule has 3 N–H and O–H groups in total. The molecule has 0 saturated carbocycles. The van der Waals surface area contributed by atoms with E-state index in [1.165, 1.54) is 32.2 Å². The van der Waals surface area contributed by atoms with E-state index < -0.39 is 0 Å². The Morgan fingerprint density at radius 3 is 2.71 bits per heavy atom. The van der Waals surface area contributed by atoms with E-state index in [1.807, 2.05) is 31.3 Å². The Labute approximate surface area is 181 Å². The van der Waals surface area contributed by atoms with Gasteiger partial charge in [-0.05, 0) is 44.7 Å². The maximum atomic E-state index is 5.40. The van der Waals surface area contributed by atoms with Gasteiger partial charge >= 0.3 is 0 Å². The van der Waals surface area contributed by atoms with Crippen LogP contribution in [0.3, 0.4) is 0 Å². The van der Waals surface area contributed by atoms with Crippen LogP contribution in [0, 0.1) is 12.8 Å². The number of aryl methyl sites for hydroxylation is 1. The number of nitrogens with zero attached hydrogens (tertiary/aromatic N) is 4. The van der Waals surface area contributed by atoms with Crippen molar-refractivity contribution in [1.29, 1.82) is 0 Å². The largest absolute Gasteiger partial charge is 0.381 e. The molecule has 0 spiro atoms. The van der Waals surface area contributed by atoms with Gasteiger partial charge in [-0.15, -0.1) is 0 Å². The van der Waals surface area contributed by atoms with Crippen molar-refractivity contribution >= 4 is 28.4 Å². The lowest BCUT2D eigenvalue weighted by Gasteiger charge is -2.42. The molecular weight excluding hydrogens is 390 g/mol. The zero-order valence-electron chi connectivity index (χ0n) is 17.8. The third kappa shape index (κ3) is 3.74. The van der Waals surface area contributed by atoms with E-state index in [-0.39, 0.29) is 0 Å². The molecule has 3 saturated heterocycles. The highest BCUT2D eigenvalue weighted by Gasteiger charge is 2.42. The minimum Gasteiger partial charge on any atom is -0.381 e. The van der Waals surface area contributed by atoms with E-state index in [4.69, 9.17) is 9.72 Å². The van der Waals surface area contributed by atoms with Crippen LogP contribution in [0.1, 0.15) is 31.4 Å². The molecule has 3 aliphatic heterocycles. The van der Waals surface area contributed by atoms with Crippen molar-refractivity contribution in [3.63, 3.8) is 0 Å². The van der Waals surface area contributed by atoms with Crippen LogP contribution >= 0.6 is 0 Å². The van der Waals surface area contributed by atoms with Gasteiger partial charge in [-0.3, -0.25) is 15.0 Å². The predicted molar refractivity (Wildman–Crippen MR) is 121 cm³/mol. The second-order valence-electron chi connectivity index (χ2n) is 9.29. The van der Waals surface area contributed by atoms with E-state index in [2.05, 4.69) is 36.8 Å². The first-order chi connectivity index (χ1) is 15.2. The van der Waals surface area contributed by atoms with Gasteiger partial charge in [-0.2, -0.15) is 5.10 Å². The van der Waals surface area contributed by atoms with Crippen LogP contribution in [0.5, 0.6) is 0 Å². The Balaban J connectivity index is 1.22. The monoisotopic (exact) mass is 419 g/mol. The maximum absolute atomic E-state index is 5.40. The van der Waals surface area contributed by atoms with Crippen LogP contribution < -0.4 is 10.6 Å². The zero-order valence-corrected chi connectivity index (χ0v) is 17.8. The Bertz CT molecular complexity index is 1060. The van der Waals surface area contributed by atoms with Crippen LogP contribution in [0.15, 0.2) is 30.5 Å². The fourth-order valence-corrected chi connectivity index (χ4v) is 5.43. The van der Waals surface area contributed by atoms with Gasteiger partial charge in [0.2, 0.25) is 0 Å². The summed E-state index contributed by atoms with van der Waals surface area (Å²) < 4.78 is 5.40. The molecule has 3 atom stereocenters. The Morgan fingerprint density at radius 1 is 1.16 bits per heavy atom. The molecular formula is C23H29N7O. The number of hydrogen-bond acceptors (Lipinski definition) is 7. The van der Waals surface area contributed by atoms with Crippen molar-refractivity contribution in [3.05, 3.63) is 36.2 Å². The van der Waals surface area contributed by atoms with Gasteiger partial charge in [0.1, 0.15) is 11.6 Å². The first kappa shape index (κ1) is 19.0. The third-order valence-corrected chi connectivity index (χ3v) is 6.96. The Kier molecular flexibility index (Phi) is 4.76. The molecule has 3 aromatic rings. The van der Waals surface area contributed by atoms with Gasteiger partial charge in [0.15, 0.2) is 5.82 Å². The number of hydrogen-bond donors (Lipinski definition) is 3. The van der Waals surface area contributed by atoms with E-state index in [0.29, 0.717) is 18.1 Å². The van der Waals surface area contributed by atoms with Crippen molar-refractivity contribution in [2.24, 2.45) is 5.92 Å². The molecule has 3 aromatic heterocycles. The zero-order chi connectivity index (χ0) is 20.8. The number of anilines is 3. The molecule has 8 heteroatoms. The van der Waals surface area contributed by atoms with Crippen molar-refractivity contribution < 1.29 is 4.74 Å². The fourth-order valence-electron chi connectivity index (χ4n) is 5.43. The van der Waals surface area contributed by atoms with Crippen LogP contribution in [0.4, 0.5) is 17.5 Å². The van der Waals surface area contributed by atoms with E-state index >= 15 is 0 Å². The molecule has 0 aromatic carbocycles. The number of pyridine rings is 2. The maximum Gasteiger partial charge on any atom is 0.153 e. The van der Waals surface area contributed by atoms with E-state index in [9.17, 15) is 0 Å². The predicted octanol–water partition coefficient (Wildman–Crippen LogP) is 3.46. The lowest BCUT2D eigenvalue weighted by atomic mass is 9.95. The molecule has 3 aliphatic rings. The minimum atomic E-state index is 0.435. The van der Waals surface area contributed by atoms with E-state index in [1.54, 1.807) is 0 Å². The summed E-state index contributed by atoms with van der Waals surface area (Å²) in [6.45, 7) is 5.07. The van der Waals surface area contributed by atoms with Gasteiger partial charge in [0.25, 0.3) is 0 Å². The number of H-pyrrole nitrogens is 1. The molecule has 0 amide bonds. The summed E-state index contributed by atoms with van der Waals surface area (Å²) in [5.74, 6) is 3.16. The molecule has 31 heavy (non-hydrogen) atoms. The van der Waals surface area contributed by atoms with Gasteiger partial charge in [-0.1, -0.05) is 0 Å². The molecule has 2 bridgehead atoms. The SMILES string of the molecule is Cc1cc(Nc2cc3ncccc3c(NC3C[C@H]4CC[C@@H](C3)N4CC3COC3)n2)n[nH]1. The van der Waals surface area contributed by atoms with Crippen LogP contribution in [-0.2, 0) is 4.74 Å². The van der Waals surface area contributed by atoms with Crippen molar-refractivity contribution in [2.75, 3.05) is 30.4 Å². The summed E-state index contributed by atoms with van der Waals surface area (Å²) >= 11 is 0. The van der Waals surface area contributed by atoms with Gasteiger partial charge in [0, 0.05) is 60.0 Å². The van der Waals surface area contributed by atoms with Crippen molar-refractivity contribution in [1.82, 2.24) is 25.1 Å². The summed E-state index contributed by atoms with van der Waals surface area (Å²) in [6.07, 6.45) is 6.80. The molecule has 1 unspecified atom stereocenters. The summed E-state index contributed by atoms with van der Waals surface area (Å²) in [7, 11) is 0. The van der Waals surface area contributed by atoms with Gasteiger partial charge in [-0.25, -0.2) is 4.98 Å². The van der Waals surface area contributed by atoms with Crippen molar-refractivity contribution in [3.8, 4) is 0 Å². The average molecular weight is 420 g/mol. The summed E-state index contributed by atoms with van der Waals surface area (Å²) in [5.41, 5.74) is 1.94. The summed E-state index contributed by atoms with van der Waals surface area (Å²) in [6, 6.07) is 9.82. The summed E-state index contributed by atoms with van der Waals surface area (Å²) in [4.78, 5) is 12.3. The van der Waals surface area contributed by atoms with Gasteiger partial charge < -0.3 is 15.4 Å². The second-order valence-corrected chi connectivity index (χ2v) is 9.29. The first-order valence-corrected chi connectivity index (χ1v) is 11.4. The average Bonchev–Trinajstić information content (AvgIpc) is 3.23. The normalized spacial score (nSPS) is 26.2. The minimum absolute atomic E-state index is 0.435. The highest BCUT2D eigenvalue weighted by Crippen LogP contribution is 2.38. The molecule has 3 fully saturated rings. The number of nitrogens with one attached hydrogen (secondary N) is 3. The molecule has 6 heterocycles. The lowest BCUT2D eigenvalue weighted by Crippen LogP contribution is -2.51. The topological polar surface area (TPSA) is 91.0 Å². The molecule has 162 valence electrons. The number of rotatable bonds is 6. The molecule has 0 radical (unpaired) electrons. The quantitative estimate of drug-likeness (QED) is 0.564. The van der Waals surface area contributed by atoms with Crippen LogP contribution in [-0.4, -0.2) is 62.9 Å². The third-order valence-electron chi connectivity index (χ3n) is 6.96. The van der Waals surface area contributed by atoms with Crippen LogP contribution in [0.25, 0.3) is 10.9 Å².